The van der Waals surface area contributed by atoms with Gasteiger partial charge < -0.3 is 38.5 Å². The summed E-state index contributed by atoms with van der Waals surface area (Å²) in [5.74, 6) is -1.84. The zero-order valence-corrected chi connectivity index (χ0v) is 33.6. The zero-order chi connectivity index (χ0) is 40.0. The smallest absolute Gasteiger partial charge is 0.308 e. The normalized spacial score (nSPS) is 12.2. The average molecular weight is 752 g/mol. The molecule has 0 atom stereocenters. The van der Waals surface area contributed by atoms with Gasteiger partial charge in [0.25, 0.3) is 0 Å². The Morgan fingerprint density at radius 2 is 0.906 bits per heavy atom. The van der Waals surface area contributed by atoms with Crippen molar-refractivity contribution < 1.29 is 57.1 Å². The van der Waals surface area contributed by atoms with E-state index < -0.39 is 40.2 Å². The summed E-state index contributed by atoms with van der Waals surface area (Å²) in [6.07, 6.45) is 3.12. The van der Waals surface area contributed by atoms with Crippen molar-refractivity contribution in [1.29, 1.82) is 0 Å². The standard InChI is InChI=1S/C40H65NO12/c1-37(2,3)51-34(44)21-24-47-28-40(29-48-25-22-35(45)52-38(4,5)6,30-49-26-23-36(46)53-39(7,8)9)41-32(42)19-15-10-11-16-20-33(43)50-27-31-17-13-12-14-18-31/h12-14,17-18H,10-11,15-16,19-30H2,1-9H3,(H,41,42). The molecule has 0 heterocycles. The van der Waals surface area contributed by atoms with E-state index in [0.29, 0.717) is 19.3 Å². The van der Waals surface area contributed by atoms with E-state index in [9.17, 15) is 24.0 Å². The monoisotopic (exact) mass is 751 g/mol. The van der Waals surface area contributed by atoms with Gasteiger partial charge in [-0.2, -0.15) is 0 Å². The Bertz CT molecular complexity index is 1160. The van der Waals surface area contributed by atoms with Crippen molar-refractivity contribution in [2.24, 2.45) is 0 Å². The van der Waals surface area contributed by atoms with E-state index >= 15 is 0 Å². The molecule has 302 valence electrons. The van der Waals surface area contributed by atoms with Gasteiger partial charge in [0.05, 0.1) is 58.9 Å². The lowest BCUT2D eigenvalue weighted by Crippen LogP contribution is -2.58. The molecule has 1 N–H and O–H groups in total. The second-order valence-electron chi connectivity index (χ2n) is 16.1. The van der Waals surface area contributed by atoms with Crippen LogP contribution >= 0.6 is 0 Å². The van der Waals surface area contributed by atoms with Crippen molar-refractivity contribution in [2.45, 2.75) is 149 Å². The molecule has 0 saturated heterocycles. The SMILES string of the molecule is CC(C)(C)OC(=O)CCOCC(COCCC(=O)OC(C)(C)C)(COCCC(=O)OC(C)(C)C)NC(=O)CCCCCCC(=O)OCc1ccccc1. The van der Waals surface area contributed by atoms with Crippen molar-refractivity contribution in [1.82, 2.24) is 5.32 Å². The third kappa shape index (κ3) is 26.8. The van der Waals surface area contributed by atoms with Gasteiger partial charge in [-0.3, -0.25) is 24.0 Å². The second-order valence-corrected chi connectivity index (χ2v) is 16.1. The van der Waals surface area contributed by atoms with Gasteiger partial charge in [-0.15, -0.1) is 0 Å². The van der Waals surface area contributed by atoms with Crippen LogP contribution in [0.15, 0.2) is 30.3 Å². The number of unbranched alkanes of at least 4 members (excludes halogenated alkanes) is 3. The predicted octanol–water partition coefficient (Wildman–Crippen LogP) is 6.17. The summed E-state index contributed by atoms with van der Waals surface area (Å²) >= 11 is 0. The van der Waals surface area contributed by atoms with Gasteiger partial charge in [0.2, 0.25) is 5.91 Å². The number of ether oxygens (including phenoxy) is 7. The first-order valence-corrected chi connectivity index (χ1v) is 18.6. The van der Waals surface area contributed by atoms with Gasteiger partial charge in [-0.05, 0) is 80.7 Å². The van der Waals surface area contributed by atoms with E-state index in [0.717, 1.165) is 18.4 Å². The molecule has 0 aliphatic heterocycles. The van der Waals surface area contributed by atoms with Crippen LogP contribution in [0.5, 0.6) is 0 Å². The van der Waals surface area contributed by atoms with Crippen LogP contribution in [-0.4, -0.2) is 91.8 Å². The van der Waals surface area contributed by atoms with Gasteiger partial charge in [0.15, 0.2) is 0 Å². The van der Waals surface area contributed by atoms with E-state index in [1.54, 1.807) is 62.3 Å². The summed E-state index contributed by atoms with van der Waals surface area (Å²) in [7, 11) is 0. The average Bonchev–Trinajstić information content (AvgIpc) is 3.02. The number of hydrogen-bond acceptors (Lipinski definition) is 12. The fourth-order valence-electron chi connectivity index (χ4n) is 4.76. The molecule has 0 bridgehead atoms. The fourth-order valence-corrected chi connectivity index (χ4v) is 4.76. The Kier molecular flexibility index (Phi) is 21.5. The molecule has 1 aromatic rings. The summed E-state index contributed by atoms with van der Waals surface area (Å²) in [6, 6.07) is 9.48. The minimum atomic E-state index is -1.23. The maximum absolute atomic E-state index is 13.3. The van der Waals surface area contributed by atoms with Crippen LogP contribution in [0, 0.1) is 0 Å². The van der Waals surface area contributed by atoms with E-state index in [1.807, 2.05) is 30.3 Å². The highest BCUT2D eigenvalue weighted by Crippen LogP contribution is 2.15. The minimum absolute atomic E-state index is 0.0101. The molecule has 0 aliphatic rings. The molecule has 0 fully saturated rings. The maximum Gasteiger partial charge on any atom is 0.308 e. The number of benzene rings is 1. The first kappa shape index (κ1) is 47.5. The summed E-state index contributed by atoms with van der Waals surface area (Å²) in [5, 5.41) is 3.01. The fraction of sp³-hybridized carbons (Fsp3) is 0.725. The molecule has 0 radical (unpaired) electrons. The van der Waals surface area contributed by atoms with Gasteiger partial charge in [-0.1, -0.05) is 43.2 Å². The molecule has 0 aromatic heterocycles. The lowest BCUT2D eigenvalue weighted by Gasteiger charge is -2.34. The third-order valence-electron chi connectivity index (χ3n) is 6.93. The Morgan fingerprint density at radius 1 is 0.509 bits per heavy atom. The van der Waals surface area contributed by atoms with Gasteiger partial charge in [-0.25, -0.2) is 0 Å². The molecule has 0 spiro atoms. The van der Waals surface area contributed by atoms with E-state index in [2.05, 4.69) is 5.32 Å². The number of amides is 1. The summed E-state index contributed by atoms with van der Waals surface area (Å²) in [6.45, 7) is 16.0. The lowest BCUT2D eigenvalue weighted by atomic mass is 10.0. The molecule has 1 amide bonds. The highest BCUT2D eigenvalue weighted by Gasteiger charge is 2.34. The molecule has 0 aliphatic carbocycles. The Morgan fingerprint density at radius 3 is 1.30 bits per heavy atom. The third-order valence-corrected chi connectivity index (χ3v) is 6.93. The van der Waals surface area contributed by atoms with Crippen LogP contribution in [0.3, 0.4) is 0 Å². The minimum Gasteiger partial charge on any atom is -0.461 e. The first-order valence-electron chi connectivity index (χ1n) is 18.6. The number of nitrogens with one attached hydrogen (secondary N) is 1. The van der Waals surface area contributed by atoms with Crippen LogP contribution in [0.4, 0.5) is 0 Å². The second kappa shape index (κ2) is 24.0. The summed E-state index contributed by atoms with van der Waals surface area (Å²) in [5.41, 5.74) is -2.24. The number of esters is 4. The first-order chi connectivity index (χ1) is 24.7. The van der Waals surface area contributed by atoms with Crippen LogP contribution < -0.4 is 5.32 Å². The van der Waals surface area contributed by atoms with E-state index in [4.69, 9.17) is 33.2 Å². The van der Waals surface area contributed by atoms with Crippen molar-refractivity contribution in [3.8, 4) is 0 Å². The van der Waals surface area contributed by atoms with Crippen LogP contribution in [0.25, 0.3) is 0 Å². The lowest BCUT2D eigenvalue weighted by molar-refractivity contribution is -0.157. The highest BCUT2D eigenvalue weighted by atomic mass is 16.6. The van der Waals surface area contributed by atoms with E-state index in [-0.39, 0.29) is 83.8 Å². The van der Waals surface area contributed by atoms with Crippen molar-refractivity contribution in [3.05, 3.63) is 35.9 Å². The summed E-state index contributed by atoms with van der Waals surface area (Å²) in [4.78, 5) is 62.4. The van der Waals surface area contributed by atoms with Crippen molar-refractivity contribution in [3.63, 3.8) is 0 Å². The van der Waals surface area contributed by atoms with Crippen LogP contribution in [-0.2, 0) is 63.7 Å². The molecular formula is C40H65NO12. The molecular weight excluding hydrogens is 686 g/mol. The van der Waals surface area contributed by atoms with Gasteiger partial charge >= 0.3 is 23.9 Å². The topological polar surface area (TPSA) is 162 Å². The van der Waals surface area contributed by atoms with Crippen molar-refractivity contribution >= 4 is 29.8 Å². The molecule has 13 heteroatoms. The van der Waals surface area contributed by atoms with Crippen molar-refractivity contribution in [2.75, 3.05) is 39.6 Å². The number of carbonyl (C=O) groups excluding carboxylic acids is 5. The molecule has 1 aromatic carbocycles. The largest absolute Gasteiger partial charge is 0.461 e. The van der Waals surface area contributed by atoms with E-state index in [1.165, 1.54) is 0 Å². The van der Waals surface area contributed by atoms with Crippen LogP contribution in [0.2, 0.25) is 0 Å². The predicted molar refractivity (Wildman–Crippen MR) is 199 cm³/mol. The zero-order valence-electron chi connectivity index (χ0n) is 33.6. The molecule has 0 unspecified atom stereocenters. The maximum atomic E-state index is 13.3. The summed E-state index contributed by atoms with van der Waals surface area (Å²) < 4.78 is 39.1. The number of rotatable bonds is 25. The Labute approximate surface area is 316 Å². The molecule has 1 rings (SSSR count). The number of carbonyl (C=O) groups is 5. The van der Waals surface area contributed by atoms with Gasteiger partial charge in [0, 0.05) is 12.8 Å². The highest BCUT2D eigenvalue weighted by molar-refractivity contribution is 5.77. The van der Waals surface area contributed by atoms with Crippen LogP contribution in [0.1, 0.15) is 126 Å². The van der Waals surface area contributed by atoms with Gasteiger partial charge in [0.1, 0.15) is 28.9 Å². The molecule has 53 heavy (non-hydrogen) atoms. The number of hydrogen-bond donors (Lipinski definition) is 1. The Hall–Kier alpha value is -3.55. The Balaban J connectivity index is 2.86. The molecule has 0 saturated carbocycles. The molecule has 13 nitrogen and oxygen atoms in total. The quantitative estimate of drug-likeness (QED) is 0.0688.